The van der Waals surface area contributed by atoms with Gasteiger partial charge in [-0.2, -0.15) is 0 Å². The Labute approximate surface area is 194 Å². The average Bonchev–Trinajstić information content (AvgIpc) is 3.63. The fourth-order valence-corrected chi connectivity index (χ4v) is 4.15. The summed E-state index contributed by atoms with van der Waals surface area (Å²) >= 11 is 0. The Bertz CT molecular complexity index is 1130. The number of anilines is 1. The van der Waals surface area contributed by atoms with E-state index in [1.165, 1.54) is 25.6 Å². The number of piperidine rings is 1. The molecule has 1 saturated carbocycles. The van der Waals surface area contributed by atoms with Crippen molar-refractivity contribution in [1.82, 2.24) is 20.6 Å². The molecule has 2 amide bonds. The van der Waals surface area contributed by atoms with Gasteiger partial charge in [0.15, 0.2) is 0 Å². The SMILES string of the molecule is COC(=O)c1c(F)cccc1N1CCC(CNC(=O)C2(NC(=O)c3cnc(=O)[nH]c3)CC2)CC1. The van der Waals surface area contributed by atoms with Crippen LogP contribution in [0.5, 0.6) is 0 Å². The van der Waals surface area contributed by atoms with E-state index in [0.717, 1.165) is 12.8 Å². The Balaban J connectivity index is 1.29. The molecule has 1 aromatic heterocycles. The number of hydrogen-bond donors (Lipinski definition) is 3. The highest BCUT2D eigenvalue weighted by Crippen LogP contribution is 2.36. The highest BCUT2D eigenvalue weighted by Gasteiger charge is 2.51. The zero-order valence-electron chi connectivity index (χ0n) is 18.7. The lowest BCUT2D eigenvalue weighted by Gasteiger charge is -2.34. The highest BCUT2D eigenvalue weighted by molar-refractivity contribution is 6.00. The zero-order chi connectivity index (χ0) is 24.3. The van der Waals surface area contributed by atoms with Crippen molar-refractivity contribution < 1.29 is 23.5 Å². The van der Waals surface area contributed by atoms with E-state index in [4.69, 9.17) is 4.74 Å². The number of amides is 2. The van der Waals surface area contributed by atoms with Gasteiger partial charge in [-0.3, -0.25) is 9.59 Å². The van der Waals surface area contributed by atoms with Crippen LogP contribution in [0.15, 0.2) is 35.4 Å². The van der Waals surface area contributed by atoms with Crippen LogP contribution in [0.3, 0.4) is 0 Å². The van der Waals surface area contributed by atoms with Crippen LogP contribution in [0.2, 0.25) is 0 Å². The maximum absolute atomic E-state index is 14.2. The van der Waals surface area contributed by atoms with E-state index in [0.29, 0.717) is 38.2 Å². The highest BCUT2D eigenvalue weighted by atomic mass is 19.1. The van der Waals surface area contributed by atoms with E-state index >= 15 is 0 Å². The molecule has 0 spiro atoms. The zero-order valence-corrected chi connectivity index (χ0v) is 18.7. The summed E-state index contributed by atoms with van der Waals surface area (Å²) in [5, 5.41) is 5.69. The number of H-pyrrole nitrogens is 1. The molecule has 2 aliphatic rings. The van der Waals surface area contributed by atoms with Crippen LogP contribution < -0.4 is 21.2 Å². The van der Waals surface area contributed by atoms with Gasteiger partial charge in [-0.05, 0) is 43.7 Å². The van der Waals surface area contributed by atoms with Crippen LogP contribution in [0.4, 0.5) is 10.1 Å². The lowest BCUT2D eigenvalue weighted by Crippen LogP contribution is -2.50. The van der Waals surface area contributed by atoms with Crippen LogP contribution in [-0.2, 0) is 9.53 Å². The number of aromatic nitrogens is 2. The summed E-state index contributed by atoms with van der Waals surface area (Å²) in [5.41, 5.74) is -0.882. The first-order chi connectivity index (χ1) is 16.3. The van der Waals surface area contributed by atoms with Crippen LogP contribution >= 0.6 is 0 Å². The van der Waals surface area contributed by atoms with E-state index < -0.39 is 28.9 Å². The van der Waals surface area contributed by atoms with E-state index in [1.807, 2.05) is 4.90 Å². The quantitative estimate of drug-likeness (QED) is 0.513. The molecule has 3 N–H and O–H groups in total. The van der Waals surface area contributed by atoms with Crippen molar-refractivity contribution in [2.24, 2.45) is 5.92 Å². The number of nitrogens with zero attached hydrogens (tertiary/aromatic N) is 2. The summed E-state index contributed by atoms with van der Waals surface area (Å²) in [7, 11) is 1.22. The number of esters is 1. The summed E-state index contributed by atoms with van der Waals surface area (Å²) in [5.74, 6) is -1.82. The topological polar surface area (TPSA) is 133 Å². The number of benzene rings is 1. The van der Waals surface area contributed by atoms with Crippen molar-refractivity contribution in [3.63, 3.8) is 0 Å². The first kappa shape index (κ1) is 23.4. The molecule has 4 rings (SSSR count). The molecular formula is C23H26FN5O5. The number of carbonyl (C=O) groups is 3. The standard InChI is InChI=1S/C23H26FN5O5/c1-34-20(31)18-16(24)3-2-4-17(18)29-9-5-14(6-10-29)11-25-21(32)23(7-8-23)28-19(30)15-12-26-22(33)27-13-15/h2-4,12-14H,5-11H2,1H3,(H,25,32)(H,28,30)(H,26,27,33). The molecule has 0 radical (unpaired) electrons. The second-order valence-corrected chi connectivity index (χ2v) is 8.61. The molecule has 0 bridgehead atoms. The average molecular weight is 471 g/mol. The number of ether oxygens (including phenoxy) is 1. The normalized spacial score (nSPS) is 17.1. The molecule has 10 nitrogen and oxygen atoms in total. The number of nitrogens with one attached hydrogen (secondary N) is 3. The van der Waals surface area contributed by atoms with Crippen molar-refractivity contribution in [3.05, 3.63) is 58.0 Å². The van der Waals surface area contributed by atoms with Crippen LogP contribution in [0, 0.1) is 11.7 Å². The Morgan fingerprint density at radius 1 is 1.26 bits per heavy atom. The minimum Gasteiger partial charge on any atom is -0.465 e. The molecule has 1 saturated heterocycles. The molecule has 11 heteroatoms. The van der Waals surface area contributed by atoms with Gasteiger partial charge < -0.3 is 25.3 Å². The molecule has 1 aliphatic carbocycles. The molecule has 180 valence electrons. The van der Waals surface area contributed by atoms with Gasteiger partial charge in [-0.25, -0.2) is 19.0 Å². The van der Waals surface area contributed by atoms with Gasteiger partial charge in [0, 0.05) is 32.0 Å². The Kier molecular flexibility index (Phi) is 6.62. The van der Waals surface area contributed by atoms with Crippen LogP contribution in [0.25, 0.3) is 0 Å². The fraction of sp³-hybridized carbons (Fsp3) is 0.435. The predicted molar refractivity (Wildman–Crippen MR) is 120 cm³/mol. The summed E-state index contributed by atoms with van der Waals surface area (Å²) in [6.07, 6.45) is 5.00. The minimum absolute atomic E-state index is 0.0686. The van der Waals surface area contributed by atoms with Gasteiger partial charge in [0.25, 0.3) is 5.91 Å². The second kappa shape index (κ2) is 9.62. The molecule has 2 heterocycles. The van der Waals surface area contributed by atoms with E-state index in [2.05, 4.69) is 20.6 Å². The largest absolute Gasteiger partial charge is 0.465 e. The lowest BCUT2D eigenvalue weighted by atomic mass is 9.95. The number of methoxy groups -OCH3 is 1. The predicted octanol–water partition coefficient (Wildman–Crippen LogP) is 0.991. The number of hydrogen-bond acceptors (Lipinski definition) is 7. The Morgan fingerprint density at radius 3 is 2.62 bits per heavy atom. The Hall–Kier alpha value is -3.76. The van der Waals surface area contributed by atoms with E-state index in [9.17, 15) is 23.6 Å². The molecule has 0 unspecified atom stereocenters. The summed E-state index contributed by atoms with van der Waals surface area (Å²) in [6.45, 7) is 1.67. The fourth-order valence-electron chi connectivity index (χ4n) is 4.15. The molecule has 2 aromatic rings. The maximum Gasteiger partial charge on any atom is 0.344 e. The molecule has 2 fully saturated rings. The molecule has 1 aliphatic heterocycles. The third-order valence-corrected chi connectivity index (χ3v) is 6.36. The number of halogens is 1. The van der Waals surface area contributed by atoms with Crippen LogP contribution in [0.1, 0.15) is 46.4 Å². The summed E-state index contributed by atoms with van der Waals surface area (Å²) in [4.78, 5) is 56.1. The number of carbonyl (C=O) groups excluding carboxylic acids is 3. The Morgan fingerprint density at radius 2 is 2.00 bits per heavy atom. The summed E-state index contributed by atoms with van der Waals surface area (Å²) in [6, 6.07) is 4.50. The van der Waals surface area contributed by atoms with Crippen LogP contribution in [-0.4, -0.2) is 60.0 Å². The first-order valence-corrected chi connectivity index (χ1v) is 11.1. The van der Waals surface area contributed by atoms with Crippen molar-refractivity contribution in [1.29, 1.82) is 0 Å². The second-order valence-electron chi connectivity index (χ2n) is 8.61. The molecule has 1 aromatic carbocycles. The maximum atomic E-state index is 14.2. The van der Waals surface area contributed by atoms with Crippen molar-refractivity contribution in [3.8, 4) is 0 Å². The number of rotatable bonds is 7. The van der Waals surface area contributed by atoms with Crippen molar-refractivity contribution in [2.45, 2.75) is 31.2 Å². The molecule has 0 atom stereocenters. The third-order valence-electron chi connectivity index (χ3n) is 6.36. The number of aromatic amines is 1. The van der Waals surface area contributed by atoms with Crippen molar-refractivity contribution in [2.75, 3.05) is 31.6 Å². The van der Waals surface area contributed by atoms with Gasteiger partial charge in [0.1, 0.15) is 16.9 Å². The van der Waals surface area contributed by atoms with Gasteiger partial charge in [0.05, 0.1) is 18.4 Å². The lowest BCUT2D eigenvalue weighted by molar-refractivity contribution is -0.124. The molecular weight excluding hydrogens is 445 g/mol. The van der Waals surface area contributed by atoms with Crippen molar-refractivity contribution >= 4 is 23.5 Å². The van der Waals surface area contributed by atoms with Gasteiger partial charge in [0.2, 0.25) is 5.91 Å². The van der Waals surface area contributed by atoms with E-state index in [-0.39, 0.29) is 23.0 Å². The molecule has 34 heavy (non-hydrogen) atoms. The van der Waals surface area contributed by atoms with E-state index in [1.54, 1.807) is 12.1 Å². The summed E-state index contributed by atoms with van der Waals surface area (Å²) < 4.78 is 19.0. The van der Waals surface area contributed by atoms with Gasteiger partial charge in [-0.15, -0.1) is 0 Å². The smallest absolute Gasteiger partial charge is 0.344 e. The minimum atomic E-state index is -0.940. The first-order valence-electron chi connectivity index (χ1n) is 11.1. The third kappa shape index (κ3) is 4.92. The van der Waals surface area contributed by atoms with Gasteiger partial charge in [-0.1, -0.05) is 6.07 Å². The monoisotopic (exact) mass is 471 g/mol. The van der Waals surface area contributed by atoms with Gasteiger partial charge >= 0.3 is 11.7 Å².